The van der Waals surface area contributed by atoms with Crippen LogP contribution in [0.15, 0.2) is 91.0 Å². The van der Waals surface area contributed by atoms with Gasteiger partial charge >= 0.3 is 0 Å². The van der Waals surface area contributed by atoms with Crippen LogP contribution in [0.5, 0.6) is 0 Å². The minimum atomic E-state index is 1.22. The molecule has 0 aliphatic carbocycles. The molecular formula is C24H22. The fraction of sp³-hybridized carbons (Fsp3) is 0.0833. The molecule has 0 atom stereocenters. The molecule has 0 bridgehead atoms. The van der Waals surface area contributed by atoms with Crippen LogP contribution in [0.3, 0.4) is 0 Å². The molecule has 0 N–H and O–H groups in total. The average Bonchev–Trinajstić information content (AvgIpc) is 2.62. The predicted molar refractivity (Wildman–Crippen MR) is 105 cm³/mol. The van der Waals surface area contributed by atoms with Gasteiger partial charge in [0.05, 0.1) is 0 Å². The van der Waals surface area contributed by atoms with Gasteiger partial charge < -0.3 is 0 Å². The lowest BCUT2D eigenvalue weighted by Crippen LogP contribution is -1.87. The van der Waals surface area contributed by atoms with Crippen molar-refractivity contribution in [2.45, 2.75) is 13.8 Å². The number of hydrogen-bond acceptors (Lipinski definition) is 0. The van der Waals surface area contributed by atoms with Crippen molar-refractivity contribution < 1.29 is 0 Å². The summed E-state index contributed by atoms with van der Waals surface area (Å²) in [7, 11) is 0. The Hall–Kier alpha value is -2.86. The van der Waals surface area contributed by atoms with E-state index in [1.54, 1.807) is 0 Å². The molecule has 0 amide bonds. The predicted octanol–water partition coefficient (Wildman–Crippen LogP) is 6.45. The van der Waals surface area contributed by atoms with Gasteiger partial charge in [-0.1, -0.05) is 108 Å². The molecule has 0 unspecified atom stereocenters. The molecule has 0 fully saturated rings. The molecule has 0 saturated heterocycles. The first-order chi connectivity index (χ1) is 11.7. The van der Waals surface area contributed by atoms with E-state index in [4.69, 9.17) is 0 Å². The lowest BCUT2D eigenvalue weighted by Gasteiger charge is -2.08. The summed E-state index contributed by atoms with van der Waals surface area (Å²) in [4.78, 5) is 0. The molecule has 0 radical (unpaired) electrons. The Labute approximate surface area is 144 Å². The summed E-state index contributed by atoms with van der Waals surface area (Å²) in [6, 6.07) is 27.8. The fourth-order valence-corrected chi connectivity index (χ4v) is 2.64. The molecule has 3 aromatic carbocycles. The van der Waals surface area contributed by atoms with Crippen LogP contribution >= 0.6 is 0 Å². The van der Waals surface area contributed by atoms with Gasteiger partial charge in [0.1, 0.15) is 0 Å². The van der Waals surface area contributed by atoms with E-state index >= 15 is 0 Å². The average molecular weight is 310 g/mol. The molecule has 118 valence electrons. The van der Waals surface area contributed by atoms with Gasteiger partial charge in [-0.25, -0.2) is 0 Å². The lowest BCUT2D eigenvalue weighted by molar-refractivity contribution is 1.44. The van der Waals surface area contributed by atoms with Gasteiger partial charge in [-0.05, 0) is 36.1 Å². The number of hydrogen-bond donors (Lipinski definition) is 0. The van der Waals surface area contributed by atoms with Gasteiger partial charge in [0.15, 0.2) is 0 Å². The minimum absolute atomic E-state index is 1.22. The number of rotatable bonds is 4. The summed E-state index contributed by atoms with van der Waals surface area (Å²) >= 11 is 0. The van der Waals surface area contributed by atoms with Crippen LogP contribution in [0.25, 0.3) is 11.6 Å². The topological polar surface area (TPSA) is 0 Å². The van der Waals surface area contributed by atoms with Crippen molar-refractivity contribution in [1.29, 1.82) is 0 Å². The Morgan fingerprint density at radius 1 is 0.625 bits per heavy atom. The van der Waals surface area contributed by atoms with Crippen LogP contribution in [0.2, 0.25) is 0 Å². The van der Waals surface area contributed by atoms with Crippen LogP contribution in [-0.2, 0) is 0 Å². The van der Waals surface area contributed by atoms with Crippen molar-refractivity contribution in [2.75, 3.05) is 0 Å². The third-order valence-electron chi connectivity index (χ3n) is 4.08. The van der Waals surface area contributed by atoms with Gasteiger partial charge in [0.2, 0.25) is 0 Å². The van der Waals surface area contributed by atoms with Crippen molar-refractivity contribution >= 4 is 11.6 Å². The van der Waals surface area contributed by atoms with E-state index in [2.05, 4.69) is 111 Å². The molecule has 0 nitrogen and oxygen atoms in total. The van der Waals surface area contributed by atoms with Crippen LogP contribution in [0, 0.1) is 13.8 Å². The normalized spacial score (nSPS) is 11.8. The highest BCUT2D eigenvalue weighted by molar-refractivity contribution is 5.81. The molecule has 3 aromatic rings. The first-order valence-corrected chi connectivity index (χ1v) is 8.30. The van der Waals surface area contributed by atoms with Gasteiger partial charge in [-0.3, -0.25) is 0 Å². The third-order valence-corrected chi connectivity index (χ3v) is 4.08. The van der Waals surface area contributed by atoms with Crippen LogP contribution in [-0.4, -0.2) is 0 Å². The molecule has 0 aromatic heterocycles. The van der Waals surface area contributed by atoms with Gasteiger partial charge in [-0.2, -0.15) is 0 Å². The van der Waals surface area contributed by atoms with Gasteiger partial charge in [0, 0.05) is 0 Å². The van der Waals surface area contributed by atoms with Crippen molar-refractivity contribution in [3.8, 4) is 0 Å². The third kappa shape index (κ3) is 4.11. The van der Waals surface area contributed by atoms with Crippen LogP contribution in [0.1, 0.15) is 27.8 Å². The molecule has 0 heteroatoms. The van der Waals surface area contributed by atoms with E-state index in [0.29, 0.717) is 0 Å². The number of allylic oxidation sites excluding steroid dienone is 2. The second-order valence-electron chi connectivity index (χ2n) is 6.08. The fourth-order valence-electron chi connectivity index (χ4n) is 2.64. The SMILES string of the molecule is Cc1ccc(C=CC=C(c2ccccc2)c2ccc(C)cc2)cc1. The standard InChI is InChI=1S/C24H22/c1-19-11-15-21(16-12-19)7-6-10-24(22-8-4-3-5-9-22)23-17-13-20(2)14-18-23/h3-18H,1-2H3. The minimum Gasteiger partial charge on any atom is -0.0622 e. The summed E-state index contributed by atoms with van der Waals surface area (Å²) in [6.45, 7) is 4.23. The Morgan fingerprint density at radius 2 is 1.17 bits per heavy atom. The number of benzene rings is 3. The Kier molecular flexibility index (Phi) is 5.08. The number of aryl methyl sites for hydroxylation is 2. The maximum Gasteiger partial charge on any atom is -0.0111 e. The summed E-state index contributed by atoms with van der Waals surface area (Å²) < 4.78 is 0. The summed E-state index contributed by atoms with van der Waals surface area (Å²) in [5.74, 6) is 0. The van der Waals surface area contributed by atoms with E-state index in [-0.39, 0.29) is 0 Å². The summed E-state index contributed by atoms with van der Waals surface area (Å²) in [5.41, 5.74) is 7.48. The maximum absolute atomic E-state index is 2.19. The Bertz CT molecular complexity index is 833. The molecule has 3 rings (SSSR count). The van der Waals surface area contributed by atoms with Crippen LogP contribution in [0.4, 0.5) is 0 Å². The molecule has 0 aliphatic rings. The van der Waals surface area contributed by atoms with E-state index in [0.717, 1.165) is 0 Å². The molecular weight excluding hydrogens is 288 g/mol. The zero-order valence-corrected chi connectivity index (χ0v) is 14.2. The van der Waals surface area contributed by atoms with E-state index < -0.39 is 0 Å². The lowest BCUT2D eigenvalue weighted by atomic mass is 9.96. The highest BCUT2D eigenvalue weighted by Gasteiger charge is 2.03. The zero-order valence-electron chi connectivity index (χ0n) is 14.2. The molecule has 0 spiro atoms. The molecule has 0 aliphatic heterocycles. The van der Waals surface area contributed by atoms with E-state index in [1.807, 2.05) is 0 Å². The van der Waals surface area contributed by atoms with Gasteiger partial charge in [0.25, 0.3) is 0 Å². The van der Waals surface area contributed by atoms with Crippen LogP contribution < -0.4 is 0 Å². The highest BCUT2D eigenvalue weighted by atomic mass is 14.1. The monoisotopic (exact) mass is 310 g/mol. The smallest absolute Gasteiger partial charge is 0.0111 e. The first kappa shape index (κ1) is 16.0. The summed E-state index contributed by atoms with van der Waals surface area (Å²) in [6.07, 6.45) is 6.48. The van der Waals surface area contributed by atoms with Crippen molar-refractivity contribution in [2.24, 2.45) is 0 Å². The van der Waals surface area contributed by atoms with Crippen molar-refractivity contribution in [1.82, 2.24) is 0 Å². The zero-order chi connectivity index (χ0) is 16.8. The van der Waals surface area contributed by atoms with E-state index in [9.17, 15) is 0 Å². The second-order valence-corrected chi connectivity index (χ2v) is 6.08. The largest absolute Gasteiger partial charge is 0.0622 e. The molecule has 0 saturated carbocycles. The maximum atomic E-state index is 2.19. The quantitative estimate of drug-likeness (QED) is 0.486. The first-order valence-electron chi connectivity index (χ1n) is 8.30. The molecule has 0 heterocycles. The highest BCUT2D eigenvalue weighted by Crippen LogP contribution is 2.24. The Balaban J connectivity index is 1.95. The van der Waals surface area contributed by atoms with Crippen molar-refractivity contribution in [3.05, 3.63) is 119 Å². The summed E-state index contributed by atoms with van der Waals surface area (Å²) in [5, 5.41) is 0. The van der Waals surface area contributed by atoms with E-state index in [1.165, 1.54) is 33.4 Å². The van der Waals surface area contributed by atoms with Gasteiger partial charge in [-0.15, -0.1) is 0 Å². The Morgan fingerprint density at radius 3 is 1.79 bits per heavy atom. The van der Waals surface area contributed by atoms with Crippen molar-refractivity contribution in [3.63, 3.8) is 0 Å². The second kappa shape index (κ2) is 7.61. The molecule has 24 heavy (non-hydrogen) atoms.